The Morgan fingerprint density at radius 3 is 2.72 bits per heavy atom. The minimum atomic E-state index is -0.696. The number of aliphatic hydroxyl groups excluding tert-OH is 2. The molecule has 154 valence electrons. The number of hydrogen-bond acceptors (Lipinski definition) is 4. The molecule has 0 saturated carbocycles. The second-order valence-electron chi connectivity index (χ2n) is 8.89. The van der Waals surface area contributed by atoms with Crippen molar-refractivity contribution in [1.82, 2.24) is 4.90 Å². The van der Waals surface area contributed by atoms with Gasteiger partial charge in [0.2, 0.25) is 0 Å². The van der Waals surface area contributed by atoms with Crippen LogP contribution in [0, 0.1) is 5.82 Å². The van der Waals surface area contributed by atoms with E-state index in [4.69, 9.17) is 4.74 Å². The quantitative estimate of drug-likeness (QED) is 0.829. The third-order valence-corrected chi connectivity index (χ3v) is 6.93. The molecule has 4 nitrogen and oxygen atoms in total. The normalized spacial score (nSPS) is 24.0. The summed E-state index contributed by atoms with van der Waals surface area (Å²) >= 11 is 0. The molecule has 0 aromatic heterocycles. The first-order chi connectivity index (χ1) is 14.0. The molecule has 2 aliphatic heterocycles. The van der Waals surface area contributed by atoms with Crippen molar-refractivity contribution >= 4 is 0 Å². The highest BCUT2D eigenvalue weighted by atomic mass is 19.1. The molecule has 2 aromatic carbocycles. The van der Waals surface area contributed by atoms with E-state index < -0.39 is 17.8 Å². The van der Waals surface area contributed by atoms with Crippen LogP contribution in [0.25, 0.3) is 0 Å². The van der Waals surface area contributed by atoms with Crippen LogP contribution in [0.3, 0.4) is 0 Å². The molecule has 0 amide bonds. The number of β-amino-alcohol motifs (C(OH)–C–C–N with tert-alkyl or cyclic N) is 1. The van der Waals surface area contributed by atoms with Gasteiger partial charge in [0.15, 0.2) is 0 Å². The van der Waals surface area contributed by atoms with Gasteiger partial charge in [-0.05, 0) is 67.0 Å². The summed E-state index contributed by atoms with van der Waals surface area (Å²) in [6, 6.07) is 10.8. The summed E-state index contributed by atoms with van der Waals surface area (Å²) in [5, 5.41) is 21.3. The van der Waals surface area contributed by atoms with Crippen molar-refractivity contribution in [2.24, 2.45) is 0 Å². The summed E-state index contributed by atoms with van der Waals surface area (Å²) in [6.07, 6.45) is 4.37. The fraction of sp³-hybridized carbons (Fsp3) is 0.500. The molecule has 2 heterocycles. The third-order valence-electron chi connectivity index (χ3n) is 6.93. The number of piperidine rings is 1. The Balaban J connectivity index is 1.22. The van der Waals surface area contributed by atoms with Crippen molar-refractivity contribution in [3.63, 3.8) is 0 Å². The van der Waals surface area contributed by atoms with Crippen LogP contribution in [0.1, 0.15) is 60.1 Å². The van der Waals surface area contributed by atoms with Gasteiger partial charge in [-0.15, -0.1) is 0 Å². The van der Waals surface area contributed by atoms with E-state index in [9.17, 15) is 14.6 Å². The molecule has 29 heavy (non-hydrogen) atoms. The van der Waals surface area contributed by atoms with E-state index in [-0.39, 0.29) is 5.82 Å². The minimum Gasteiger partial charge on any atom is -0.487 e. The van der Waals surface area contributed by atoms with Crippen LogP contribution in [0.4, 0.5) is 4.39 Å². The lowest BCUT2D eigenvalue weighted by molar-refractivity contribution is -0.0589. The monoisotopic (exact) mass is 397 g/mol. The number of ether oxygens (including phenoxy) is 1. The van der Waals surface area contributed by atoms with Crippen molar-refractivity contribution in [3.8, 4) is 5.75 Å². The van der Waals surface area contributed by atoms with Gasteiger partial charge in [0.1, 0.15) is 17.2 Å². The average molecular weight is 397 g/mol. The fourth-order valence-electron chi connectivity index (χ4n) is 5.21. The standard InChI is InChI=1S/C24H28FNO3/c25-19-6-7-23-20(13-19)21(27)14-24(29-23)8-10-26(11-9-24)15-22(28)18-5-4-16-2-1-3-17(16)12-18/h4-7,12-13,21-22,27-28H,1-3,8-11,14-15H2/t21-,22-/m0/s1. The summed E-state index contributed by atoms with van der Waals surface area (Å²) in [6.45, 7) is 2.23. The van der Waals surface area contributed by atoms with E-state index in [2.05, 4.69) is 23.1 Å². The zero-order valence-electron chi connectivity index (χ0n) is 16.6. The number of nitrogens with zero attached hydrogens (tertiary/aromatic N) is 1. The minimum absolute atomic E-state index is 0.349. The molecule has 2 atom stereocenters. The molecule has 3 aliphatic rings. The van der Waals surface area contributed by atoms with Crippen LogP contribution in [0.5, 0.6) is 5.75 Å². The first-order valence-corrected chi connectivity index (χ1v) is 10.7. The predicted molar refractivity (Wildman–Crippen MR) is 108 cm³/mol. The van der Waals surface area contributed by atoms with Gasteiger partial charge < -0.3 is 19.8 Å². The van der Waals surface area contributed by atoms with Crippen molar-refractivity contribution in [2.75, 3.05) is 19.6 Å². The molecule has 0 radical (unpaired) electrons. The Hall–Kier alpha value is -1.95. The Bertz CT molecular complexity index is 907. The molecular formula is C24H28FNO3. The van der Waals surface area contributed by atoms with E-state index in [1.165, 1.54) is 29.7 Å². The number of fused-ring (bicyclic) bond motifs is 2. The predicted octanol–water partition coefficient (Wildman–Crippen LogP) is 3.70. The average Bonchev–Trinajstić information content (AvgIpc) is 3.18. The Labute approximate surface area is 170 Å². The van der Waals surface area contributed by atoms with E-state index in [1.807, 2.05) is 0 Å². The van der Waals surface area contributed by atoms with Gasteiger partial charge in [0.25, 0.3) is 0 Å². The van der Waals surface area contributed by atoms with Gasteiger partial charge in [-0.3, -0.25) is 0 Å². The zero-order valence-corrected chi connectivity index (χ0v) is 16.6. The van der Waals surface area contributed by atoms with Gasteiger partial charge in [0.05, 0.1) is 12.2 Å². The molecule has 2 N–H and O–H groups in total. The van der Waals surface area contributed by atoms with E-state index in [0.717, 1.165) is 44.3 Å². The molecule has 0 bridgehead atoms. The number of benzene rings is 2. The molecule has 5 rings (SSSR count). The molecule has 1 fully saturated rings. The maximum atomic E-state index is 13.5. The number of likely N-dealkylation sites (tertiary alicyclic amines) is 1. The molecule has 1 saturated heterocycles. The number of aryl methyl sites for hydroxylation is 2. The summed E-state index contributed by atoms with van der Waals surface area (Å²) in [5.41, 5.74) is 3.96. The third kappa shape index (κ3) is 3.67. The van der Waals surface area contributed by atoms with Gasteiger partial charge in [-0.2, -0.15) is 0 Å². The Kier molecular flexibility index (Phi) is 4.85. The summed E-state index contributed by atoms with van der Waals surface area (Å²) in [4.78, 5) is 2.28. The number of halogens is 1. The van der Waals surface area contributed by atoms with Crippen LogP contribution >= 0.6 is 0 Å². The molecule has 1 aliphatic carbocycles. The van der Waals surface area contributed by atoms with Gasteiger partial charge in [0, 0.05) is 31.6 Å². The largest absolute Gasteiger partial charge is 0.487 e. The summed E-state index contributed by atoms with van der Waals surface area (Å²) in [5.74, 6) is 0.245. The molecule has 1 spiro atoms. The summed E-state index contributed by atoms with van der Waals surface area (Å²) in [7, 11) is 0. The summed E-state index contributed by atoms with van der Waals surface area (Å²) < 4.78 is 19.7. The SMILES string of the molecule is O[C@@H](CN1CCC2(CC1)C[C@H](O)c1cc(F)ccc1O2)c1ccc2c(c1)CCC2. The number of aliphatic hydroxyl groups is 2. The first kappa shape index (κ1) is 19.0. The van der Waals surface area contributed by atoms with Crippen molar-refractivity contribution in [3.05, 3.63) is 64.5 Å². The zero-order chi connectivity index (χ0) is 20.0. The Morgan fingerprint density at radius 1 is 1.10 bits per heavy atom. The molecule has 5 heteroatoms. The maximum Gasteiger partial charge on any atom is 0.126 e. The highest BCUT2D eigenvalue weighted by Gasteiger charge is 2.43. The van der Waals surface area contributed by atoms with Crippen molar-refractivity contribution in [1.29, 1.82) is 0 Å². The highest BCUT2D eigenvalue weighted by molar-refractivity contribution is 5.39. The van der Waals surface area contributed by atoms with Gasteiger partial charge in [-0.25, -0.2) is 4.39 Å². The van der Waals surface area contributed by atoms with Crippen molar-refractivity contribution in [2.45, 2.75) is 56.3 Å². The highest BCUT2D eigenvalue weighted by Crippen LogP contribution is 2.44. The van der Waals surface area contributed by atoms with E-state index in [1.54, 1.807) is 6.07 Å². The maximum absolute atomic E-state index is 13.5. The molecule has 0 unspecified atom stereocenters. The van der Waals surface area contributed by atoms with Crippen LogP contribution in [0.15, 0.2) is 36.4 Å². The van der Waals surface area contributed by atoms with Crippen molar-refractivity contribution < 1.29 is 19.3 Å². The first-order valence-electron chi connectivity index (χ1n) is 10.7. The second-order valence-corrected chi connectivity index (χ2v) is 8.89. The lowest BCUT2D eigenvalue weighted by atomic mass is 9.81. The van der Waals surface area contributed by atoms with Crippen LogP contribution in [0.2, 0.25) is 0 Å². The lowest BCUT2D eigenvalue weighted by Crippen LogP contribution is -2.51. The number of hydrogen-bond donors (Lipinski definition) is 2. The van der Waals surface area contributed by atoms with Gasteiger partial charge >= 0.3 is 0 Å². The van der Waals surface area contributed by atoms with E-state index in [0.29, 0.717) is 24.3 Å². The molecular weight excluding hydrogens is 369 g/mol. The topological polar surface area (TPSA) is 52.9 Å². The van der Waals surface area contributed by atoms with E-state index >= 15 is 0 Å². The smallest absolute Gasteiger partial charge is 0.126 e. The number of rotatable bonds is 3. The van der Waals surface area contributed by atoms with Crippen LogP contribution in [-0.2, 0) is 12.8 Å². The van der Waals surface area contributed by atoms with Crippen LogP contribution < -0.4 is 4.74 Å². The Morgan fingerprint density at radius 2 is 1.90 bits per heavy atom. The van der Waals surface area contributed by atoms with Gasteiger partial charge in [-0.1, -0.05) is 18.2 Å². The second kappa shape index (κ2) is 7.38. The lowest BCUT2D eigenvalue weighted by Gasteiger charge is -2.46. The fourth-order valence-corrected chi connectivity index (χ4v) is 5.21. The van der Waals surface area contributed by atoms with Crippen LogP contribution in [-0.4, -0.2) is 40.3 Å². The molecule has 2 aromatic rings.